The normalized spacial score (nSPS) is 18.2. The van der Waals surface area contributed by atoms with Gasteiger partial charge in [-0.25, -0.2) is 0 Å². The maximum absolute atomic E-state index is 12.0. The highest BCUT2D eigenvalue weighted by molar-refractivity contribution is 14.0. The number of hydrogen-bond donors (Lipinski definition) is 3. The van der Waals surface area contributed by atoms with Crippen molar-refractivity contribution < 1.29 is 14.6 Å². The zero-order valence-corrected chi connectivity index (χ0v) is 20.9. The number of carbonyl (C=O) groups excluding carboxylic acids is 1. The van der Waals surface area contributed by atoms with E-state index in [9.17, 15) is 9.90 Å². The number of nitrogens with one attached hydrogen (secondary N) is 2. The molecule has 2 aliphatic rings. The fraction of sp³-hybridized carbons (Fsp3) is 0.636. The van der Waals surface area contributed by atoms with Gasteiger partial charge in [-0.3, -0.25) is 14.7 Å². The van der Waals surface area contributed by atoms with Gasteiger partial charge in [-0.2, -0.15) is 0 Å². The Morgan fingerprint density at radius 1 is 1.29 bits per heavy atom. The molecule has 1 aliphatic carbocycles. The molecule has 2 fully saturated rings. The largest absolute Gasteiger partial charge is 0.491 e. The number of hydrogen-bond acceptors (Lipinski definition) is 5. The van der Waals surface area contributed by atoms with E-state index in [4.69, 9.17) is 4.74 Å². The van der Waals surface area contributed by atoms with Gasteiger partial charge in [0.05, 0.1) is 13.1 Å². The van der Waals surface area contributed by atoms with Crippen molar-refractivity contribution in [3.8, 4) is 5.75 Å². The Morgan fingerprint density at radius 3 is 2.68 bits per heavy atom. The number of rotatable bonds is 9. The molecule has 1 aromatic rings. The van der Waals surface area contributed by atoms with Crippen molar-refractivity contribution in [3.05, 3.63) is 29.8 Å². The van der Waals surface area contributed by atoms with Crippen molar-refractivity contribution in [2.24, 2.45) is 4.99 Å². The minimum atomic E-state index is -0.674. The summed E-state index contributed by atoms with van der Waals surface area (Å²) < 4.78 is 5.67. The van der Waals surface area contributed by atoms with Gasteiger partial charge in [-0.15, -0.1) is 24.0 Å². The zero-order chi connectivity index (χ0) is 21.3. The number of halogens is 1. The predicted molar refractivity (Wildman–Crippen MR) is 133 cm³/mol. The van der Waals surface area contributed by atoms with Gasteiger partial charge in [-0.1, -0.05) is 12.1 Å². The van der Waals surface area contributed by atoms with Crippen LogP contribution in [0.1, 0.15) is 25.3 Å². The summed E-state index contributed by atoms with van der Waals surface area (Å²) in [5.41, 5.74) is 1.12. The number of aryl methyl sites for hydroxylation is 1. The van der Waals surface area contributed by atoms with E-state index < -0.39 is 6.10 Å². The third kappa shape index (κ3) is 9.20. The summed E-state index contributed by atoms with van der Waals surface area (Å²) in [4.78, 5) is 21.0. The van der Waals surface area contributed by atoms with Crippen LogP contribution in [0.25, 0.3) is 0 Å². The maximum atomic E-state index is 12.0. The molecular formula is C22H36IN5O3. The zero-order valence-electron chi connectivity index (χ0n) is 18.5. The monoisotopic (exact) mass is 545 g/mol. The number of aliphatic imine (C=N–C) groups is 1. The lowest BCUT2D eigenvalue weighted by Crippen LogP contribution is -2.54. The Labute approximate surface area is 202 Å². The first-order chi connectivity index (χ1) is 14.5. The van der Waals surface area contributed by atoms with Gasteiger partial charge in [-0.05, 0) is 44.4 Å². The number of piperazine rings is 1. The summed E-state index contributed by atoms with van der Waals surface area (Å²) in [6.07, 6.45) is 1.56. The number of carbonyl (C=O) groups is 1. The van der Waals surface area contributed by atoms with E-state index in [1.807, 2.05) is 38.1 Å². The Bertz CT molecular complexity index is 721. The van der Waals surface area contributed by atoms with Crippen molar-refractivity contribution in [1.29, 1.82) is 0 Å². The van der Waals surface area contributed by atoms with Crippen LogP contribution in [0.15, 0.2) is 29.3 Å². The lowest BCUT2D eigenvalue weighted by Gasteiger charge is -2.36. The van der Waals surface area contributed by atoms with Gasteiger partial charge in [0.15, 0.2) is 5.96 Å². The van der Waals surface area contributed by atoms with Gasteiger partial charge >= 0.3 is 0 Å². The van der Waals surface area contributed by atoms with Gasteiger partial charge in [0.25, 0.3) is 0 Å². The minimum absolute atomic E-state index is 0. The van der Waals surface area contributed by atoms with Crippen LogP contribution in [-0.4, -0.2) is 91.3 Å². The molecule has 0 bridgehead atoms. The molecule has 174 valence electrons. The molecule has 31 heavy (non-hydrogen) atoms. The van der Waals surface area contributed by atoms with Crippen LogP contribution in [0.3, 0.4) is 0 Å². The van der Waals surface area contributed by atoms with Crippen LogP contribution in [0.4, 0.5) is 0 Å². The Kier molecular flexibility index (Phi) is 10.8. The standard InChI is InChI=1S/C22H35N5O3.HI/c1-3-23-22(24-14-19(28)16-30-20-6-4-5-17(2)13-20)27-11-9-26(10-12-27)15-21(29)25-18-7-8-18;/h4-6,13,18-19,28H,3,7-12,14-16H2,1-2H3,(H,23,24)(H,25,29);1H. The molecule has 1 aromatic carbocycles. The van der Waals surface area contributed by atoms with E-state index in [0.717, 1.165) is 62.8 Å². The van der Waals surface area contributed by atoms with Crippen molar-refractivity contribution in [2.75, 3.05) is 52.4 Å². The highest BCUT2D eigenvalue weighted by Crippen LogP contribution is 2.18. The number of aliphatic hydroxyl groups is 1. The van der Waals surface area contributed by atoms with Crippen LogP contribution in [0.5, 0.6) is 5.75 Å². The van der Waals surface area contributed by atoms with E-state index in [0.29, 0.717) is 12.6 Å². The van der Waals surface area contributed by atoms with Crippen molar-refractivity contribution in [3.63, 3.8) is 0 Å². The summed E-state index contributed by atoms with van der Waals surface area (Å²) >= 11 is 0. The van der Waals surface area contributed by atoms with Crippen LogP contribution in [-0.2, 0) is 4.79 Å². The van der Waals surface area contributed by atoms with Gasteiger partial charge in [0.1, 0.15) is 18.5 Å². The molecule has 1 amide bonds. The lowest BCUT2D eigenvalue weighted by atomic mass is 10.2. The highest BCUT2D eigenvalue weighted by atomic mass is 127. The van der Waals surface area contributed by atoms with Crippen molar-refractivity contribution in [2.45, 2.75) is 38.8 Å². The van der Waals surface area contributed by atoms with E-state index in [2.05, 4.69) is 25.4 Å². The number of guanidine groups is 1. The molecule has 3 N–H and O–H groups in total. The third-order valence-corrected chi connectivity index (χ3v) is 5.20. The average molecular weight is 545 g/mol. The number of nitrogens with zero attached hydrogens (tertiary/aromatic N) is 3. The Balaban J connectivity index is 0.00000341. The van der Waals surface area contributed by atoms with E-state index in [1.165, 1.54) is 0 Å². The van der Waals surface area contributed by atoms with Crippen LogP contribution >= 0.6 is 24.0 Å². The molecule has 0 aromatic heterocycles. The van der Waals surface area contributed by atoms with E-state index >= 15 is 0 Å². The first-order valence-electron chi connectivity index (χ1n) is 11.0. The summed E-state index contributed by atoms with van der Waals surface area (Å²) in [6, 6.07) is 8.19. The van der Waals surface area contributed by atoms with Crippen molar-refractivity contribution in [1.82, 2.24) is 20.4 Å². The number of benzene rings is 1. The predicted octanol–water partition coefficient (Wildman–Crippen LogP) is 1.21. The molecule has 0 radical (unpaired) electrons. The molecular weight excluding hydrogens is 509 g/mol. The molecule has 1 unspecified atom stereocenters. The minimum Gasteiger partial charge on any atom is -0.491 e. The number of aliphatic hydroxyl groups excluding tert-OH is 1. The first-order valence-corrected chi connectivity index (χ1v) is 11.0. The number of ether oxygens (including phenoxy) is 1. The maximum Gasteiger partial charge on any atom is 0.234 e. The summed E-state index contributed by atoms with van der Waals surface area (Å²) in [6.45, 7) is 9.00. The van der Waals surface area contributed by atoms with Gasteiger partial charge in [0.2, 0.25) is 5.91 Å². The van der Waals surface area contributed by atoms with Crippen LogP contribution in [0.2, 0.25) is 0 Å². The molecule has 8 nitrogen and oxygen atoms in total. The molecule has 9 heteroatoms. The fourth-order valence-corrected chi connectivity index (χ4v) is 3.39. The second-order valence-electron chi connectivity index (χ2n) is 8.08. The second kappa shape index (κ2) is 13.1. The quantitative estimate of drug-likeness (QED) is 0.246. The van der Waals surface area contributed by atoms with Crippen LogP contribution in [0, 0.1) is 6.92 Å². The fourth-order valence-electron chi connectivity index (χ4n) is 3.39. The molecule has 1 saturated carbocycles. The molecule has 1 saturated heterocycles. The van der Waals surface area contributed by atoms with E-state index in [1.54, 1.807) is 0 Å². The molecule has 1 heterocycles. The number of amides is 1. The smallest absolute Gasteiger partial charge is 0.234 e. The lowest BCUT2D eigenvalue weighted by molar-refractivity contribution is -0.122. The summed E-state index contributed by atoms with van der Waals surface area (Å²) in [7, 11) is 0. The third-order valence-electron chi connectivity index (χ3n) is 5.20. The van der Waals surface area contributed by atoms with E-state index in [-0.39, 0.29) is 43.0 Å². The van der Waals surface area contributed by atoms with Crippen LogP contribution < -0.4 is 15.4 Å². The molecule has 3 rings (SSSR count). The van der Waals surface area contributed by atoms with Gasteiger partial charge in [0, 0.05) is 38.8 Å². The first kappa shape index (κ1) is 25.7. The average Bonchev–Trinajstić information content (AvgIpc) is 3.54. The summed E-state index contributed by atoms with van der Waals surface area (Å²) in [5.74, 6) is 1.68. The van der Waals surface area contributed by atoms with Crippen molar-refractivity contribution >= 4 is 35.8 Å². The highest BCUT2D eigenvalue weighted by Gasteiger charge is 2.26. The second-order valence-corrected chi connectivity index (χ2v) is 8.08. The molecule has 1 atom stereocenters. The SMILES string of the molecule is CCNC(=NCC(O)COc1cccc(C)c1)N1CCN(CC(=O)NC2CC2)CC1.I. The topological polar surface area (TPSA) is 89.4 Å². The molecule has 1 aliphatic heterocycles. The van der Waals surface area contributed by atoms with Gasteiger partial charge < -0.3 is 25.4 Å². The Hall–Kier alpha value is -1.59. The Morgan fingerprint density at radius 2 is 2.03 bits per heavy atom. The summed E-state index contributed by atoms with van der Waals surface area (Å²) in [5, 5.41) is 16.6. The molecule has 0 spiro atoms.